The van der Waals surface area contributed by atoms with Gasteiger partial charge in [-0.05, 0) is 12.5 Å². The van der Waals surface area contributed by atoms with Crippen LogP contribution in [0, 0.1) is 0 Å². The van der Waals surface area contributed by atoms with Crippen LogP contribution in [0.25, 0.3) is 11.3 Å². The number of hydrogen-bond acceptors (Lipinski definition) is 7. The first-order valence-electron chi connectivity index (χ1n) is 8.55. The van der Waals surface area contributed by atoms with Crippen molar-refractivity contribution in [2.75, 3.05) is 5.32 Å². The van der Waals surface area contributed by atoms with E-state index in [-0.39, 0.29) is 28.2 Å². The summed E-state index contributed by atoms with van der Waals surface area (Å²) in [5, 5.41) is 10.6. The first-order chi connectivity index (χ1) is 13.9. The molecule has 3 aromatic rings. The van der Waals surface area contributed by atoms with Gasteiger partial charge in [-0.15, -0.1) is 19.0 Å². The van der Waals surface area contributed by atoms with Crippen LogP contribution in [0.15, 0.2) is 24.5 Å². The van der Waals surface area contributed by atoms with Gasteiger partial charge in [0.1, 0.15) is 5.82 Å². The zero-order valence-corrected chi connectivity index (χ0v) is 15.3. The number of nitrogens with zero attached hydrogens (tertiary/aromatic N) is 5. The zero-order valence-electron chi connectivity index (χ0n) is 14.5. The highest BCUT2D eigenvalue weighted by Crippen LogP contribution is 2.45. The van der Waals surface area contributed by atoms with Gasteiger partial charge in [-0.25, -0.2) is 4.98 Å². The molecular formula is C17H11ClF2N6O3. The molecule has 0 fully saturated rings. The van der Waals surface area contributed by atoms with Crippen LogP contribution in [0.4, 0.5) is 14.6 Å². The Kier molecular flexibility index (Phi) is 3.88. The van der Waals surface area contributed by atoms with Crippen LogP contribution in [0.5, 0.6) is 11.5 Å². The van der Waals surface area contributed by atoms with Gasteiger partial charge in [-0.1, -0.05) is 11.6 Å². The summed E-state index contributed by atoms with van der Waals surface area (Å²) in [4.78, 5) is 20.7. The highest BCUT2D eigenvalue weighted by atomic mass is 35.5. The number of fused-ring (bicyclic) bond motifs is 2. The smallest absolute Gasteiger partial charge is 0.395 e. The van der Waals surface area contributed by atoms with E-state index in [0.717, 1.165) is 18.7 Å². The lowest BCUT2D eigenvalue weighted by Gasteiger charge is -2.07. The van der Waals surface area contributed by atoms with Crippen LogP contribution in [0.3, 0.4) is 0 Å². The molecule has 0 aliphatic carbocycles. The van der Waals surface area contributed by atoms with Gasteiger partial charge < -0.3 is 19.4 Å². The molecule has 2 aliphatic rings. The van der Waals surface area contributed by atoms with Crippen molar-refractivity contribution in [2.45, 2.75) is 25.7 Å². The Morgan fingerprint density at radius 1 is 1.17 bits per heavy atom. The first-order valence-corrected chi connectivity index (χ1v) is 8.93. The van der Waals surface area contributed by atoms with Crippen LogP contribution in [0.1, 0.15) is 22.9 Å². The Morgan fingerprint density at radius 3 is 2.72 bits per heavy atom. The number of anilines is 1. The van der Waals surface area contributed by atoms with E-state index >= 15 is 0 Å². The minimum Gasteiger partial charge on any atom is -0.395 e. The van der Waals surface area contributed by atoms with Crippen molar-refractivity contribution in [1.82, 2.24) is 24.7 Å². The van der Waals surface area contributed by atoms with Crippen molar-refractivity contribution < 1.29 is 23.0 Å². The number of carbonyl (C=O) groups excluding carboxylic acids is 1. The second-order valence-corrected chi connectivity index (χ2v) is 6.79. The molecule has 0 atom stereocenters. The fraction of sp³-hybridized carbons (Fsp3) is 0.235. The van der Waals surface area contributed by atoms with Crippen molar-refractivity contribution in [2.24, 2.45) is 0 Å². The van der Waals surface area contributed by atoms with E-state index in [1.807, 2.05) is 0 Å². The highest BCUT2D eigenvalue weighted by Gasteiger charge is 2.44. The molecule has 2 aliphatic heterocycles. The molecule has 4 heterocycles. The van der Waals surface area contributed by atoms with Gasteiger partial charge in [0.05, 0.1) is 23.1 Å². The minimum absolute atomic E-state index is 0.134. The van der Waals surface area contributed by atoms with Gasteiger partial charge in [0.2, 0.25) is 5.82 Å². The maximum absolute atomic E-state index is 13.2. The summed E-state index contributed by atoms with van der Waals surface area (Å²) in [7, 11) is 0. The maximum Gasteiger partial charge on any atom is 0.586 e. The molecule has 148 valence electrons. The topological polar surface area (TPSA) is 104 Å². The van der Waals surface area contributed by atoms with Crippen LogP contribution < -0.4 is 14.8 Å². The Labute approximate surface area is 166 Å². The number of halogens is 3. The Bertz CT molecular complexity index is 1130. The highest BCUT2D eigenvalue weighted by molar-refractivity contribution is 6.33. The second-order valence-electron chi connectivity index (χ2n) is 6.38. The number of carbonyl (C=O) groups is 1. The molecule has 5 rings (SSSR count). The summed E-state index contributed by atoms with van der Waals surface area (Å²) >= 11 is 6.15. The number of aromatic nitrogens is 5. The molecule has 9 nitrogen and oxygen atoms in total. The predicted octanol–water partition coefficient (Wildman–Crippen LogP) is 2.91. The van der Waals surface area contributed by atoms with E-state index in [1.54, 1.807) is 4.57 Å². The average Bonchev–Trinajstić information content (AvgIpc) is 3.34. The van der Waals surface area contributed by atoms with E-state index in [1.165, 1.54) is 24.5 Å². The molecule has 0 spiro atoms. The van der Waals surface area contributed by atoms with Crippen molar-refractivity contribution in [3.63, 3.8) is 0 Å². The summed E-state index contributed by atoms with van der Waals surface area (Å²) in [6.07, 6.45) is 0.639. The van der Waals surface area contributed by atoms with Crippen molar-refractivity contribution >= 4 is 23.3 Å². The number of alkyl halides is 2. The molecule has 0 bridgehead atoms. The monoisotopic (exact) mass is 420 g/mol. The fourth-order valence-corrected chi connectivity index (χ4v) is 3.44. The molecule has 1 aromatic carbocycles. The van der Waals surface area contributed by atoms with Crippen LogP contribution in [-0.2, 0) is 13.0 Å². The quantitative estimate of drug-likeness (QED) is 0.694. The molecular weight excluding hydrogens is 410 g/mol. The molecule has 1 N–H and O–H groups in total. The molecule has 29 heavy (non-hydrogen) atoms. The van der Waals surface area contributed by atoms with Crippen molar-refractivity contribution in [3.8, 4) is 22.8 Å². The number of ether oxygens (including phenoxy) is 2. The standard InChI is InChI=1S/C17H11ClF2N6O3/c18-9-5-12-11(28-17(19,20)29-12)4-8(9)10-6-22-13(7-21-10)23-16(27)15-25-24-14-2-1-3-26(14)15/h4-7H,1-3H2,(H,22,23,27). The minimum atomic E-state index is -3.74. The Balaban J connectivity index is 1.36. The lowest BCUT2D eigenvalue weighted by molar-refractivity contribution is -0.286. The predicted molar refractivity (Wildman–Crippen MR) is 95.0 cm³/mol. The van der Waals surface area contributed by atoms with Gasteiger partial charge in [0, 0.05) is 24.6 Å². The molecule has 0 saturated carbocycles. The third-order valence-electron chi connectivity index (χ3n) is 4.47. The number of amides is 1. The molecule has 0 radical (unpaired) electrons. The van der Waals surface area contributed by atoms with Crippen LogP contribution in [0.2, 0.25) is 5.02 Å². The fourth-order valence-electron chi connectivity index (χ4n) is 3.19. The number of nitrogens with one attached hydrogen (secondary N) is 1. The lowest BCUT2D eigenvalue weighted by atomic mass is 10.1. The van der Waals surface area contributed by atoms with Crippen LogP contribution >= 0.6 is 11.6 Å². The van der Waals surface area contributed by atoms with Gasteiger partial charge in [-0.2, -0.15) is 0 Å². The number of rotatable bonds is 3. The van der Waals surface area contributed by atoms with Gasteiger partial charge in [0.25, 0.3) is 5.91 Å². The average molecular weight is 421 g/mol. The SMILES string of the molecule is O=C(Nc1cnc(-c2cc3c(cc2Cl)OC(F)(F)O3)cn1)c1nnc2n1CCC2. The van der Waals surface area contributed by atoms with Crippen molar-refractivity contribution in [1.29, 1.82) is 0 Å². The summed E-state index contributed by atoms with van der Waals surface area (Å²) in [6.45, 7) is 0.692. The molecule has 2 aromatic heterocycles. The lowest BCUT2D eigenvalue weighted by Crippen LogP contribution is -2.25. The summed E-state index contributed by atoms with van der Waals surface area (Å²) in [6, 6.07) is 2.51. The third kappa shape index (κ3) is 3.12. The van der Waals surface area contributed by atoms with Crippen molar-refractivity contribution in [3.05, 3.63) is 41.2 Å². The zero-order chi connectivity index (χ0) is 20.2. The summed E-state index contributed by atoms with van der Waals surface area (Å²) in [5.74, 6) is 0.409. The summed E-state index contributed by atoms with van der Waals surface area (Å²) in [5.41, 5.74) is 0.630. The van der Waals surface area contributed by atoms with E-state index in [0.29, 0.717) is 17.8 Å². The first kappa shape index (κ1) is 17.7. The number of hydrogen-bond donors (Lipinski definition) is 1. The van der Waals surface area contributed by atoms with Crippen LogP contribution in [-0.4, -0.2) is 36.9 Å². The largest absolute Gasteiger partial charge is 0.586 e. The molecule has 0 saturated heterocycles. The number of aryl methyl sites for hydroxylation is 1. The van der Waals surface area contributed by atoms with Gasteiger partial charge in [0.15, 0.2) is 17.3 Å². The van der Waals surface area contributed by atoms with E-state index in [2.05, 4.69) is 35.0 Å². The third-order valence-corrected chi connectivity index (χ3v) is 4.79. The van der Waals surface area contributed by atoms with Gasteiger partial charge >= 0.3 is 6.29 Å². The molecule has 12 heteroatoms. The van der Waals surface area contributed by atoms with E-state index < -0.39 is 12.2 Å². The van der Waals surface area contributed by atoms with E-state index in [9.17, 15) is 13.6 Å². The van der Waals surface area contributed by atoms with E-state index in [4.69, 9.17) is 11.6 Å². The second kappa shape index (κ2) is 6.34. The summed E-state index contributed by atoms with van der Waals surface area (Å²) < 4.78 is 37.0. The maximum atomic E-state index is 13.2. The molecule has 1 amide bonds. The Hall–Kier alpha value is -3.34. The molecule has 0 unspecified atom stereocenters. The van der Waals surface area contributed by atoms with Gasteiger partial charge in [-0.3, -0.25) is 9.78 Å². The normalized spacial score (nSPS) is 16.0. The number of benzene rings is 1. The Morgan fingerprint density at radius 2 is 1.97 bits per heavy atom.